The molecular formula is C14H19N3O. The van der Waals surface area contributed by atoms with Gasteiger partial charge >= 0.3 is 0 Å². The van der Waals surface area contributed by atoms with E-state index in [0.717, 1.165) is 42.4 Å². The molecular weight excluding hydrogens is 226 g/mol. The monoisotopic (exact) mass is 245 g/mol. The summed E-state index contributed by atoms with van der Waals surface area (Å²) in [6.07, 6.45) is 2.03. The van der Waals surface area contributed by atoms with Crippen LogP contribution in [-0.2, 0) is 6.42 Å². The summed E-state index contributed by atoms with van der Waals surface area (Å²) >= 11 is 0. The fourth-order valence-corrected chi connectivity index (χ4v) is 1.98. The largest absolute Gasteiger partial charge is 0.370 e. The van der Waals surface area contributed by atoms with Gasteiger partial charge in [-0.15, -0.1) is 0 Å². The van der Waals surface area contributed by atoms with E-state index in [1.807, 2.05) is 39.0 Å². The average Bonchev–Trinajstić information content (AvgIpc) is 2.66. The second-order valence-corrected chi connectivity index (χ2v) is 4.50. The predicted molar refractivity (Wildman–Crippen MR) is 71.8 cm³/mol. The molecule has 0 aliphatic carbocycles. The molecule has 2 rings (SSSR count). The van der Waals surface area contributed by atoms with Gasteiger partial charge < -0.3 is 9.84 Å². The summed E-state index contributed by atoms with van der Waals surface area (Å²) in [7, 11) is 0. The normalized spacial score (nSPS) is 10.6. The van der Waals surface area contributed by atoms with Crippen molar-refractivity contribution < 1.29 is 4.52 Å². The number of nitrogens with one attached hydrogen (secondary N) is 1. The highest BCUT2D eigenvalue weighted by molar-refractivity contribution is 5.34. The molecule has 0 atom stereocenters. The summed E-state index contributed by atoms with van der Waals surface area (Å²) in [5, 5.41) is 7.28. The Balaban J connectivity index is 1.80. The van der Waals surface area contributed by atoms with Crippen LogP contribution in [0.3, 0.4) is 0 Å². The van der Waals surface area contributed by atoms with Crippen LogP contribution in [0.1, 0.15) is 29.1 Å². The first-order valence-electron chi connectivity index (χ1n) is 6.26. The zero-order valence-corrected chi connectivity index (χ0v) is 11.2. The van der Waals surface area contributed by atoms with Gasteiger partial charge in [0.25, 0.3) is 0 Å². The van der Waals surface area contributed by atoms with E-state index in [1.54, 1.807) is 0 Å². The molecule has 0 saturated heterocycles. The molecule has 0 amide bonds. The Morgan fingerprint density at radius 2 is 2.06 bits per heavy atom. The van der Waals surface area contributed by atoms with E-state index < -0.39 is 0 Å². The highest BCUT2D eigenvalue weighted by Gasteiger charge is 2.07. The maximum atomic E-state index is 5.14. The van der Waals surface area contributed by atoms with Gasteiger partial charge in [-0.05, 0) is 45.7 Å². The molecule has 2 aromatic rings. The first kappa shape index (κ1) is 12.6. The summed E-state index contributed by atoms with van der Waals surface area (Å²) in [6.45, 7) is 6.85. The van der Waals surface area contributed by atoms with E-state index in [0.29, 0.717) is 0 Å². The van der Waals surface area contributed by atoms with Crippen molar-refractivity contribution in [2.75, 3.05) is 11.9 Å². The number of aryl methyl sites for hydroxylation is 3. The van der Waals surface area contributed by atoms with Gasteiger partial charge in [0.1, 0.15) is 11.6 Å². The van der Waals surface area contributed by atoms with Crippen LogP contribution in [0, 0.1) is 20.8 Å². The molecule has 1 N–H and O–H groups in total. The smallest absolute Gasteiger partial charge is 0.137 e. The SMILES string of the molecule is Cc1cccc(NCCCc2c(C)noc2C)n1. The maximum absolute atomic E-state index is 5.14. The molecule has 0 aromatic carbocycles. The van der Waals surface area contributed by atoms with Crippen molar-refractivity contribution in [3.8, 4) is 0 Å². The second kappa shape index (κ2) is 5.67. The lowest BCUT2D eigenvalue weighted by Crippen LogP contribution is -2.05. The van der Waals surface area contributed by atoms with Crippen molar-refractivity contribution in [2.45, 2.75) is 33.6 Å². The number of pyridine rings is 1. The van der Waals surface area contributed by atoms with Gasteiger partial charge in [-0.1, -0.05) is 11.2 Å². The van der Waals surface area contributed by atoms with Crippen molar-refractivity contribution in [3.05, 3.63) is 40.9 Å². The lowest BCUT2D eigenvalue weighted by Gasteiger charge is -2.05. The third-order valence-corrected chi connectivity index (χ3v) is 2.98. The van der Waals surface area contributed by atoms with Crippen LogP contribution < -0.4 is 5.32 Å². The number of hydrogen-bond donors (Lipinski definition) is 1. The molecule has 0 unspecified atom stereocenters. The second-order valence-electron chi connectivity index (χ2n) is 4.50. The quantitative estimate of drug-likeness (QED) is 0.823. The topological polar surface area (TPSA) is 51.0 Å². The van der Waals surface area contributed by atoms with Crippen molar-refractivity contribution in [3.63, 3.8) is 0 Å². The lowest BCUT2D eigenvalue weighted by atomic mass is 10.1. The molecule has 2 heterocycles. The van der Waals surface area contributed by atoms with E-state index in [4.69, 9.17) is 4.52 Å². The van der Waals surface area contributed by atoms with Crippen LogP contribution in [0.4, 0.5) is 5.82 Å². The van der Waals surface area contributed by atoms with Gasteiger partial charge in [0.05, 0.1) is 5.69 Å². The van der Waals surface area contributed by atoms with E-state index >= 15 is 0 Å². The molecule has 96 valence electrons. The fourth-order valence-electron chi connectivity index (χ4n) is 1.98. The number of hydrogen-bond acceptors (Lipinski definition) is 4. The van der Waals surface area contributed by atoms with E-state index in [9.17, 15) is 0 Å². The van der Waals surface area contributed by atoms with Crippen molar-refractivity contribution in [2.24, 2.45) is 0 Å². The molecule has 4 nitrogen and oxygen atoms in total. The molecule has 0 spiro atoms. The molecule has 0 saturated carbocycles. The van der Waals surface area contributed by atoms with Crippen molar-refractivity contribution >= 4 is 5.82 Å². The Labute approximate surface area is 107 Å². The molecule has 18 heavy (non-hydrogen) atoms. The lowest BCUT2D eigenvalue weighted by molar-refractivity contribution is 0.392. The fraction of sp³-hybridized carbons (Fsp3) is 0.429. The summed E-state index contributed by atoms with van der Waals surface area (Å²) in [5.74, 6) is 1.87. The Morgan fingerprint density at radius 3 is 2.72 bits per heavy atom. The summed E-state index contributed by atoms with van der Waals surface area (Å²) in [5.41, 5.74) is 3.26. The minimum absolute atomic E-state index is 0.903. The standard InChI is InChI=1S/C14H19N3O/c1-10-6-4-8-14(16-10)15-9-5-7-13-11(2)17-18-12(13)3/h4,6,8H,5,7,9H2,1-3H3,(H,15,16). The minimum Gasteiger partial charge on any atom is -0.370 e. The Hall–Kier alpha value is -1.84. The van der Waals surface area contributed by atoms with Crippen LogP contribution >= 0.6 is 0 Å². The highest BCUT2D eigenvalue weighted by atomic mass is 16.5. The molecule has 0 fully saturated rings. The Kier molecular flexibility index (Phi) is 3.97. The third-order valence-electron chi connectivity index (χ3n) is 2.98. The predicted octanol–water partition coefficient (Wildman–Crippen LogP) is 3.04. The Bertz CT molecular complexity index is 500. The number of anilines is 1. The van der Waals surface area contributed by atoms with Gasteiger partial charge in [-0.2, -0.15) is 0 Å². The van der Waals surface area contributed by atoms with Crippen molar-refractivity contribution in [1.82, 2.24) is 10.1 Å². The first-order valence-corrected chi connectivity index (χ1v) is 6.26. The van der Waals surface area contributed by atoms with Crippen LogP contribution in [0.2, 0.25) is 0 Å². The van der Waals surface area contributed by atoms with Gasteiger partial charge in [-0.25, -0.2) is 4.98 Å². The zero-order valence-electron chi connectivity index (χ0n) is 11.2. The summed E-state index contributed by atoms with van der Waals surface area (Å²) in [6, 6.07) is 6.00. The average molecular weight is 245 g/mol. The summed E-state index contributed by atoms with van der Waals surface area (Å²) in [4.78, 5) is 4.40. The summed E-state index contributed by atoms with van der Waals surface area (Å²) < 4.78 is 5.14. The zero-order chi connectivity index (χ0) is 13.0. The van der Waals surface area contributed by atoms with Crippen LogP contribution in [-0.4, -0.2) is 16.7 Å². The van der Waals surface area contributed by atoms with E-state index in [2.05, 4.69) is 15.5 Å². The van der Waals surface area contributed by atoms with Crippen LogP contribution in [0.25, 0.3) is 0 Å². The molecule has 4 heteroatoms. The number of rotatable bonds is 5. The van der Waals surface area contributed by atoms with Gasteiger partial charge in [-0.3, -0.25) is 0 Å². The highest BCUT2D eigenvalue weighted by Crippen LogP contribution is 2.14. The number of aromatic nitrogens is 2. The molecule has 0 aliphatic rings. The molecule has 2 aromatic heterocycles. The van der Waals surface area contributed by atoms with Gasteiger partial charge in [0.2, 0.25) is 0 Å². The van der Waals surface area contributed by atoms with E-state index in [1.165, 1.54) is 5.56 Å². The molecule has 0 aliphatic heterocycles. The molecule has 0 bridgehead atoms. The molecule has 0 radical (unpaired) electrons. The minimum atomic E-state index is 0.903. The maximum Gasteiger partial charge on any atom is 0.137 e. The Morgan fingerprint density at radius 1 is 1.22 bits per heavy atom. The third kappa shape index (κ3) is 3.09. The first-order chi connectivity index (χ1) is 8.66. The van der Waals surface area contributed by atoms with Gasteiger partial charge in [0.15, 0.2) is 0 Å². The van der Waals surface area contributed by atoms with E-state index in [-0.39, 0.29) is 0 Å². The number of nitrogens with zero attached hydrogens (tertiary/aromatic N) is 2. The van der Waals surface area contributed by atoms with Crippen molar-refractivity contribution in [1.29, 1.82) is 0 Å². The van der Waals surface area contributed by atoms with Crippen LogP contribution in [0.5, 0.6) is 0 Å². The van der Waals surface area contributed by atoms with Crippen LogP contribution in [0.15, 0.2) is 22.7 Å². The van der Waals surface area contributed by atoms with Gasteiger partial charge in [0, 0.05) is 17.8 Å².